The number of nitrogens with two attached hydrogens (primary N) is 1. The second-order valence-corrected chi connectivity index (χ2v) is 3.97. The minimum Gasteiger partial charge on any atom is -0.330 e. The highest BCUT2D eigenvalue weighted by atomic mass is 19.1. The third kappa shape index (κ3) is 2.07. The van der Waals surface area contributed by atoms with Gasteiger partial charge in [-0.1, -0.05) is 18.2 Å². The van der Waals surface area contributed by atoms with Crippen LogP contribution < -0.4 is 5.73 Å². The number of hydrogen-bond acceptors (Lipinski definition) is 2. The number of rotatable bonds is 4. The average Bonchev–Trinajstić information content (AvgIpc) is 2.57. The Balaban J connectivity index is 2.31. The summed E-state index contributed by atoms with van der Waals surface area (Å²) in [7, 11) is 1.88. The molecule has 0 amide bonds. The maximum absolute atomic E-state index is 13.5. The molecule has 0 fully saturated rings. The number of aryl methyl sites for hydroxylation is 1. The first-order valence-corrected chi connectivity index (χ1v) is 5.47. The summed E-state index contributed by atoms with van der Waals surface area (Å²) in [5.41, 5.74) is 7.19. The first-order chi connectivity index (χ1) is 7.72. The molecule has 16 heavy (non-hydrogen) atoms. The molecule has 1 heterocycles. The van der Waals surface area contributed by atoms with Crippen LogP contribution in [0, 0.1) is 0 Å². The zero-order chi connectivity index (χ0) is 11.5. The quantitative estimate of drug-likeness (QED) is 0.855. The zero-order valence-corrected chi connectivity index (χ0v) is 9.36. The summed E-state index contributed by atoms with van der Waals surface area (Å²) in [5, 5.41) is 5.38. The Hall–Kier alpha value is -1.42. The molecule has 86 valence electrons. The lowest BCUT2D eigenvalue weighted by Crippen LogP contribution is -2.12. The first kappa shape index (κ1) is 11.1. The number of hydrogen-bond donors (Lipinski definition) is 1. The van der Waals surface area contributed by atoms with Crippen molar-refractivity contribution in [1.29, 1.82) is 0 Å². The molecule has 2 rings (SSSR count). The Morgan fingerprint density at radius 3 is 2.94 bits per heavy atom. The summed E-state index contributed by atoms with van der Waals surface area (Å²) in [4.78, 5) is 0. The van der Waals surface area contributed by atoms with E-state index in [-0.39, 0.29) is 0 Å². The van der Waals surface area contributed by atoms with Crippen LogP contribution in [0.4, 0.5) is 4.39 Å². The van der Waals surface area contributed by atoms with Gasteiger partial charge in [0.15, 0.2) is 0 Å². The van der Waals surface area contributed by atoms with Gasteiger partial charge in [-0.05, 0) is 19.0 Å². The fourth-order valence-corrected chi connectivity index (χ4v) is 1.93. The van der Waals surface area contributed by atoms with Gasteiger partial charge < -0.3 is 5.73 Å². The summed E-state index contributed by atoms with van der Waals surface area (Å²) in [6.45, 7) is 0.381. The third-order valence-corrected chi connectivity index (χ3v) is 2.73. The van der Waals surface area contributed by atoms with Gasteiger partial charge in [-0.2, -0.15) is 5.10 Å². The molecule has 0 aliphatic rings. The van der Waals surface area contributed by atoms with Crippen LogP contribution in [0.3, 0.4) is 0 Å². The molecule has 1 aromatic carbocycles. The summed E-state index contributed by atoms with van der Waals surface area (Å²) in [6.07, 6.45) is -0.160. The highest BCUT2D eigenvalue weighted by Gasteiger charge is 2.13. The van der Waals surface area contributed by atoms with Crippen LogP contribution >= 0.6 is 0 Å². The van der Waals surface area contributed by atoms with E-state index in [2.05, 4.69) is 5.10 Å². The number of fused-ring (bicyclic) bond motifs is 1. The lowest BCUT2D eigenvalue weighted by atomic mass is 10.1. The molecule has 0 aliphatic carbocycles. The smallest absolute Gasteiger partial charge is 0.107 e. The second kappa shape index (κ2) is 4.61. The lowest BCUT2D eigenvalue weighted by molar-refractivity contribution is 0.314. The highest BCUT2D eigenvalue weighted by Crippen LogP contribution is 2.19. The summed E-state index contributed by atoms with van der Waals surface area (Å²) in [6, 6.07) is 7.87. The van der Waals surface area contributed by atoms with Crippen molar-refractivity contribution in [2.45, 2.75) is 19.0 Å². The van der Waals surface area contributed by atoms with Gasteiger partial charge in [0.1, 0.15) is 6.17 Å². The van der Waals surface area contributed by atoms with E-state index in [1.165, 1.54) is 0 Å². The van der Waals surface area contributed by atoms with E-state index in [0.29, 0.717) is 19.4 Å². The molecular formula is C12H16FN3. The van der Waals surface area contributed by atoms with Crippen LogP contribution in [-0.2, 0) is 13.5 Å². The van der Waals surface area contributed by atoms with Gasteiger partial charge in [0.2, 0.25) is 0 Å². The van der Waals surface area contributed by atoms with Crippen LogP contribution in [0.15, 0.2) is 24.3 Å². The molecule has 2 aromatic rings. The maximum Gasteiger partial charge on any atom is 0.107 e. The van der Waals surface area contributed by atoms with Gasteiger partial charge in [-0.25, -0.2) is 4.39 Å². The van der Waals surface area contributed by atoms with E-state index in [4.69, 9.17) is 5.73 Å². The van der Waals surface area contributed by atoms with E-state index in [1.807, 2.05) is 31.3 Å². The number of aromatic nitrogens is 2. The average molecular weight is 221 g/mol. The largest absolute Gasteiger partial charge is 0.330 e. The number of alkyl halides is 1. The predicted octanol–water partition coefficient (Wildman–Crippen LogP) is 1.80. The minimum absolute atomic E-state index is 0.346. The molecule has 0 saturated heterocycles. The van der Waals surface area contributed by atoms with Crippen molar-refractivity contribution in [1.82, 2.24) is 9.78 Å². The summed E-state index contributed by atoms with van der Waals surface area (Å²) in [5.74, 6) is 0. The van der Waals surface area contributed by atoms with E-state index in [9.17, 15) is 4.39 Å². The SMILES string of the molecule is Cn1nc(CC(F)CCN)c2ccccc21. The Morgan fingerprint density at radius 2 is 2.19 bits per heavy atom. The third-order valence-electron chi connectivity index (χ3n) is 2.73. The van der Waals surface area contributed by atoms with Crippen LogP contribution in [0.2, 0.25) is 0 Å². The number of benzene rings is 1. The van der Waals surface area contributed by atoms with Crippen molar-refractivity contribution in [2.24, 2.45) is 12.8 Å². The molecule has 1 atom stereocenters. The van der Waals surface area contributed by atoms with Crippen molar-refractivity contribution < 1.29 is 4.39 Å². The predicted molar refractivity (Wildman–Crippen MR) is 63.0 cm³/mol. The Kier molecular flexibility index (Phi) is 3.19. The van der Waals surface area contributed by atoms with E-state index in [1.54, 1.807) is 4.68 Å². The molecule has 0 bridgehead atoms. The highest BCUT2D eigenvalue weighted by molar-refractivity contribution is 5.81. The number of para-hydroxylation sites is 1. The number of nitrogens with zero attached hydrogens (tertiary/aromatic N) is 2. The van der Waals surface area contributed by atoms with Crippen molar-refractivity contribution in [3.05, 3.63) is 30.0 Å². The fourth-order valence-electron chi connectivity index (χ4n) is 1.93. The lowest BCUT2D eigenvalue weighted by Gasteiger charge is -2.03. The van der Waals surface area contributed by atoms with E-state index < -0.39 is 6.17 Å². The Bertz CT molecular complexity index is 478. The molecule has 4 heteroatoms. The topological polar surface area (TPSA) is 43.8 Å². The molecule has 3 nitrogen and oxygen atoms in total. The zero-order valence-electron chi connectivity index (χ0n) is 9.36. The Labute approximate surface area is 94.1 Å². The normalized spacial score (nSPS) is 13.2. The van der Waals surface area contributed by atoms with Crippen LogP contribution in [0.1, 0.15) is 12.1 Å². The monoisotopic (exact) mass is 221 g/mol. The molecule has 1 aromatic heterocycles. The second-order valence-electron chi connectivity index (χ2n) is 3.97. The fraction of sp³-hybridized carbons (Fsp3) is 0.417. The standard InChI is InChI=1S/C12H16FN3/c1-16-12-5-3-2-4-10(12)11(15-16)8-9(13)6-7-14/h2-5,9H,6-8,14H2,1H3. The van der Waals surface area contributed by atoms with Gasteiger partial charge in [0, 0.05) is 18.9 Å². The van der Waals surface area contributed by atoms with Gasteiger partial charge in [0.25, 0.3) is 0 Å². The molecule has 1 unspecified atom stereocenters. The van der Waals surface area contributed by atoms with Gasteiger partial charge in [-0.3, -0.25) is 4.68 Å². The summed E-state index contributed by atoms with van der Waals surface area (Å²) < 4.78 is 15.3. The Morgan fingerprint density at radius 1 is 1.44 bits per heavy atom. The van der Waals surface area contributed by atoms with Crippen LogP contribution in [0.25, 0.3) is 10.9 Å². The van der Waals surface area contributed by atoms with Crippen molar-refractivity contribution in [2.75, 3.05) is 6.54 Å². The molecule has 0 spiro atoms. The molecule has 2 N–H and O–H groups in total. The van der Waals surface area contributed by atoms with Crippen LogP contribution in [-0.4, -0.2) is 22.5 Å². The molecular weight excluding hydrogens is 205 g/mol. The van der Waals surface area contributed by atoms with E-state index >= 15 is 0 Å². The van der Waals surface area contributed by atoms with E-state index in [0.717, 1.165) is 16.6 Å². The molecule has 0 saturated carbocycles. The number of halogens is 1. The first-order valence-electron chi connectivity index (χ1n) is 5.47. The van der Waals surface area contributed by atoms with Crippen molar-refractivity contribution in [3.8, 4) is 0 Å². The minimum atomic E-state index is -0.900. The molecule has 0 radical (unpaired) electrons. The van der Waals surface area contributed by atoms with Crippen molar-refractivity contribution in [3.63, 3.8) is 0 Å². The summed E-state index contributed by atoms with van der Waals surface area (Å²) >= 11 is 0. The van der Waals surface area contributed by atoms with Gasteiger partial charge in [-0.15, -0.1) is 0 Å². The van der Waals surface area contributed by atoms with Crippen molar-refractivity contribution >= 4 is 10.9 Å². The van der Waals surface area contributed by atoms with Crippen LogP contribution in [0.5, 0.6) is 0 Å². The van der Waals surface area contributed by atoms with Gasteiger partial charge in [0.05, 0.1) is 11.2 Å². The molecule has 0 aliphatic heterocycles. The maximum atomic E-state index is 13.5. The van der Waals surface area contributed by atoms with Gasteiger partial charge >= 0.3 is 0 Å².